The van der Waals surface area contributed by atoms with Gasteiger partial charge in [-0.25, -0.2) is 0 Å². The normalized spacial score (nSPS) is 10.3. The number of unbranched alkanes of at least 4 members (excludes halogenated alkanes) is 5. The van der Waals surface area contributed by atoms with Crippen LogP contribution in [-0.2, 0) is 19.1 Å². The molecule has 0 aliphatic carbocycles. The molecule has 6 nitrogen and oxygen atoms in total. The minimum atomic E-state index is -0.234. The predicted molar refractivity (Wildman–Crippen MR) is 119 cm³/mol. The van der Waals surface area contributed by atoms with E-state index in [9.17, 15) is 9.59 Å². The molecule has 0 radical (unpaired) electrons. The summed E-state index contributed by atoms with van der Waals surface area (Å²) in [6.45, 7) is 1.29. The Morgan fingerprint density at radius 2 is 0.933 bits per heavy atom. The summed E-state index contributed by atoms with van der Waals surface area (Å²) in [4.78, 5) is 23.4. The first-order chi connectivity index (χ1) is 14.7. The summed E-state index contributed by atoms with van der Waals surface area (Å²) < 4.78 is 10.5. The van der Waals surface area contributed by atoms with Gasteiger partial charge in [0, 0.05) is 11.4 Å². The van der Waals surface area contributed by atoms with E-state index in [2.05, 4.69) is 10.6 Å². The molecule has 0 heterocycles. The van der Waals surface area contributed by atoms with Crippen LogP contribution < -0.4 is 10.6 Å². The maximum absolute atomic E-state index is 11.7. The molecule has 162 valence electrons. The van der Waals surface area contributed by atoms with Gasteiger partial charge in [-0.2, -0.15) is 0 Å². The van der Waals surface area contributed by atoms with Crippen molar-refractivity contribution in [2.45, 2.75) is 38.5 Å². The largest absolute Gasteiger partial charge is 0.464 e. The summed E-state index contributed by atoms with van der Waals surface area (Å²) in [5, 5.41) is 6.07. The molecule has 6 heteroatoms. The summed E-state index contributed by atoms with van der Waals surface area (Å²) in [7, 11) is 0. The Labute approximate surface area is 179 Å². The Morgan fingerprint density at radius 3 is 1.33 bits per heavy atom. The van der Waals surface area contributed by atoms with Crippen LogP contribution in [0.1, 0.15) is 38.5 Å². The van der Waals surface area contributed by atoms with Gasteiger partial charge in [0.2, 0.25) is 0 Å². The van der Waals surface area contributed by atoms with Crippen LogP contribution in [0.25, 0.3) is 0 Å². The first-order valence-corrected chi connectivity index (χ1v) is 10.6. The number of nitrogens with one attached hydrogen (secondary N) is 2. The number of carbonyl (C=O) groups excluding carboxylic acids is 2. The maximum Gasteiger partial charge on any atom is 0.325 e. The van der Waals surface area contributed by atoms with Gasteiger partial charge >= 0.3 is 11.9 Å². The number of hydrogen-bond acceptors (Lipinski definition) is 6. The fourth-order valence-electron chi connectivity index (χ4n) is 2.85. The highest BCUT2D eigenvalue weighted by molar-refractivity contribution is 5.75. The SMILES string of the molecule is O=C(CNc1ccccc1)OCCCCCCCCOC(=O)CNc1ccccc1. The highest BCUT2D eigenvalue weighted by atomic mass is 16.5. The highest BCUT2D eigenvalue weighted by Crippen LogP contribution is 2.07. The molecular formula is C24H32N2O4. The Bertz CT molecular complexity index is 659. The van der Waals surface area contributed by atoms with Gasteiger partial charge < -0.3 is 20.1 Å². The van der Waals surface area contributed by atoms with Gasteiger partial charge in [-0.05, 0) is 37.1 Å². The molecule has 0 aromatic heterocycles. The molecule has 0 saturated heterocycles. The number of hydrogen-bond donors (Lipinski definition) is 2. The van der Waals surface area contributed by atoms with Crippen LogP contribution in [-0.4, -0.2) is 38.2 Å². The van der Waals surface area contributed by atoms with Crippen LogP contribution >= 0.6 is 0 Å². The van der Waals surface area contributed by atoms with Crippen molar-refractivity contribution in [1.29, 1.82) is 0 Å². The average Bonchev–Trinajstić information content (AvgIpc) is 2.79. The number of rotatable bonds is 15. The average molecular weight is 413 g/mol. The van der Waals surface area contributed by atoms with Crippen LogP contribution in [0.15, 0.2) is 60.7 Å². The molecule has 0 bridgehead atoms. The lowest BCUT2D eigenvalue weighted by molar-refractivity contribution is -0.142. The standard InChI is InChI=1S/C24H32N2O4/c27-23(19-25-21-13-7-5-8-14-21)29-17-11-3-1-2-4-12-18-30-24(28)20-26-22-15-9-6-10-16-22/h5-10,13-16,25-26H,1-4,11-12,17-20H2. The van der Waals surface area contributed by atoms with Crippen molar-refractivity contribution in [3.63, 3.8) is 0 Å². The number of para-hydroxylation sites is 2. The molecule has 30 heavy (non-hydrogen) atoms. The molecule has 0 atom stereocenters. The fourth-order valence-corrected chi connectivity index (χ4v) is 2.85. The van der Waals surface area contributed by atoms with E-state index in [1.165, 1.54) is 0 Å². The van der Waals surface area contributed by atoms with E-state index in [4.69, 9.17) is 9.47 Å². The van der Waals surface area contributed by atoms with Gasteiger partial charge in [-0.15, -0.1) is 0 Å². The van der Waals surface area contributed by atoms with E-state index in [1.807, 2.05) is 60.7 Å². The maximum atomic E-state index is 11.7. The van der Waals surface area contributed by atoms with E-state index in [0.29, 0.717) is 13.2 Å². The van der Waals surface area contributed by atoms with Gasteiger partial charge in [0.25, 0.3) is 0 Å². The first-order valence-electron chi connectivity index (χ1n) is 10.6. The van der Waals surface area contributed by atoms with Gasteiger partial charge in [0.1, 0.15) is 13.1 Å². The zero-order valence-corrected chi connectivity index (χ0v) is 17.5. The Hall–Kier alpha value is -3.02. The Kier molecular flexibility index (Phi) is 11.6. The molecule has 2 aromatic rings. The van der Waals surface area contributed by atoms with Gasteiger partial charge in [0.15, 0.2) is 0 Å². The van der Waals surface area contributed by atoms with Crippen LogP contribution in [0.4, 0.5) is 11.4 Å². The van der Waals surface area contributed by atoms with E-state index in [0.717, 1.165) is 49.9 Å². The lowest BCUT2D eigenvalue weighted by Crippen LogP contribution is -2.17. The van der Waals surface area contributed by atoms with Crippen LogP contribution in [0.2, 0.25) is 0 Å². The number of esters is 2. The highest BCUT2D eigenvalue weighted by Gasteiger charge is 2.03. The molecule has 0 spiro atoms. The quantitative estimate of drug-likeness (QED) is 0.328. The molecular weight excluding hydrogens is 380 g/mol. The molecule has 2 aromatic carbocycles. The Morgan fingerprint density at radius 1 is 0.567 bits per heavy atom. The molecule has 0 amide bonds. The molecule has 2 N–H and O–H groups in total. The third kappa shape index (κ3) is 11.1. The van der Waals surface area contributed by atoms with E-state index in [-0.39, 0.29) is 25.0 Å². The van der Waals surface area contributed by atoms with Gasteiger partial charge in [-0.3, -0.25) is 9.59 Å². The third-order valence-corrected chi connectivity index (χ3v) is 4.49. The Balaban J connectivity index is 1.34. The molecule has 0 aliphatic rings. The van der Waals surface area contributed by atoms with Crippen molar-refractivity contribution in [3.8, 4) is 0 Å². The summed E-state index contributed by atoms with van der Waals surface area (Å²) in [6.07, 6.45) is 5.97. The second-order valence-electron chi connectivity index (χ2n) is 7.00. The minimum Gasteiger partial charge on any atom is -0.464 e. The summed E-state index contributed by atoms with van der Waals surface area (Å²) in [5.74, 6) is -0.468. The van der Waals surface area contributed by atoms with E-state index in [1.54, 1.807) is 0 Å². The minimum absolute atomic E-state index is 0.184. The number of benzene rings is 2. The van der Waals surface area contributed by atoms with Crippen LogP contribution in [0.3, 0.4) is 0 Å². The fraction of sp³-hybridized carbons (Fsp3) is 0.417. The molecule has 0 aliphatic heterocycles. The number of anilines is 2. The smallest absolute Gasteiger partial charge is 0.325 e. The van der Waals surface area contributed by atoms with Crippen molar-refractivity contribution in [3.05, 3.63) is 60.7 Å². The van der Waals surface area contributed by atoms with Crippen molar-refractivity contribution in [1.82, 2.24) is 0 Å². The second kappa shape index (κ2) is 14.9. The van der Waals surface area contributed by atoms with Gasteiger partial charge in [0.05, 0.1) is 13.2 Å². The molecule has 0 saturated carbocycles. The third-order valence-electron chi connectivity index (χ3n) is 4.49. The van der Waals surface area contributed by atoms with E-state index >= 15 is 0 Å². The monoisotopic (exact) mass is 412 g/mol. The number of ether oxygens (including phenoxy) is 2. The first kappa shape index (κ1) is 23.3. The van der Waals surface area contributed by atoms with Crippen molar-refractivity contribution in [2.75, 3.05) is 36.9 Å². The van der Waals surface area contributed by atoms with Crippen molar-refractivity contribution in [2.24, 2.45) is 0 Å². The summed E-state index contributed by atoms with van der Waals surface area (Å²) >= 11 is 0. The van der Waals surface area contributed by atoms with Crippen LogP contribution in [0, 0.1) is 0 Å². The lowest BCUT2D eigenvalue weighted by Gasteiger charge is -2.08. The topological polar surface area (TPSA) is 76.7 Å². The molecule has 0 fully saturated rings. The molecule has 2 rings (SSSR count). The summed E-state index contributed by atoms with van der Waals surface area (Å²) in [6, 6.07) is 19.2. The number of carbonyl (C=O) groups is 2. The zero-order chi connectivity index (χ0) is 21.3. The van der Waals surface area contributed by atoms with Gasteiger partial charge in [-0.1, -0.05) is 62.1 Å². The molecule has 0 unspecified atom stereocenters. The predicted octanol–water partition coefficient (Wildman–Crippen LogP) is 4.64. The second-order valence-corrected chi connectivity index (χ2v) is 7.00. The van der Waals surface area contributed by atoms with Crippen molar-refractivity contribution >= 4 is 23.3 Å². The summed E-state index contributed by atoms with van der Waals surface area (Å²) in [5.41, 5.74) is 1.82. The van der Waals surface area contributed by atoms with Crippen LogP contribution in [0.5, 0.6) is 0 Å². The van der Waals surface area contributed by atoms with Crippen molar-refractivity contribution < 1.29 is 19.1 Å². The zero-order valence-electron chi connectivity index (χ0n) is 17.5. The lowest BCUT2D eigenvalue weighted by atomic mass is 10.1. The van der Waals surface area contributed by atoms with E-state index < -0.39 is 0 Å².